The molecule has 1 unspecified atom stereocenters. The van der Waals surface area contributed by atoms with Crippen LogP contribution in [-0.2, 0) is 9.53 Å². The highest BCUT2D eigenvalue weighted by atomic mass is 79.9. The van der Waals surface area contributed by atoms with Crippen molar-refractivity contribution in [3.05, 3.63) is 63.3 Å². The summed E-state index contributed by atoms with van der Waals surface area (Å²) in [5, 5.41) is 6.49. The summed E-state index contributed by atoms with van der Waals surface area (Å²) in [5.41, 5.74) is 1.61. The molecule has 0 amide bonds. The number of hydrogen-bond donors (Lipinski definition) is 0. The van der Waals surface area contributed by atoms with Crippen molar-refractivity contribution < 1.29 is 13.9 Å². The van der Waals surface area contributed by atoms with Crippen LogP contribution in [0.15, 0.2) is 52.0 Å². The molecule has 0 radical (unpaired) electrons. The summed E-state index contributed by atoms with van der Waals surface area (Å²) in [4.78, 5) is 11.9. The zero-order valence-corrected chi connectivity index (χ0v) is 15.0. The molecule has 7 heteroatoms. The first kappa shape index (κ1) is 16.9. The molecule has 0 aromatic heterocycles. The second kappa shape index (κ2) is 6.91. The topological polar surface area (TPSA) is 41.9 Å². The van der Waals surface area contributed by atoms with Crippen molar-refractivity contribution >= 4 is 44.9 Å². The third kappa shape index (κ3) is 3.16. The summed E-state index contributed by atoms with van der Waals surface area (Å²) in [6.45, 7) is 0. The Kier molecular flexibility index (Phi) is 4.87. The maximum atomic E-state index is 13.9. The van der Waals surface area contributed by atoms with Crippen LogP contribution in [0.25, 0.3) is 0 Å². The SMILES string of the molecule is COC(=O)C1=NN(c2ccccc2Cl)C(c2ccc(Br)c(F)c2)C1. The number of esters is 1. The van der Waals surface area contributed by atoms with Crippen LogP contribution in [0, 0.1) is 5.82 Å². The van der Waals surface area contributed by atoms with Crippen LogP contribution >= 0.6 is 27.5 Å². The van der Waals surface area contributed by atoms with Gasteiger partial charge in [-0.3, -0.25) is 5.01 Å². The van der Waals surface area contributed by atoms with Gasteiger partial charge in [0.2, 0.25) is 0 Å². The van der Waals surface area contributed by atoms with Gasteiger partial charge in [-0.25, -0.2) is 9.18 Å². The smallest absolute Gasteiger partial charge is 0.354 e. The third-order valence-electron chi connectivity index (χ3n) is 3.76. The van der Waals surface area contributed by atoms with Crippen molar-refractivity contribution in [3.63, 3.8) is 0 Å². The van der Waals surface area contributed by atoms with Gasteiger partial charge in [-0.1, -0.05) is 29.8 Å². The minimum atomic E-state index is -0.507. The Balaban J connectivity index is 2.05. The first-order chi connectivity index (χ1) is 11.5. The first-order valence-corrected chi connectivity index (χ1v) is 8.33. The van der Waals surface area contributed by atoms with E-state index in [0.717, 1.165) is 0 Å². The van der Waals surface area contributed by atoms with E-state index in [2.05, 4.69) is 21.0 Å². The molecule has 124 valence electrons. The Morgan fingerprint density at radius 2 is 2.12 bits per heavy atom. The van der Waals surface area contributed by atoms with Crippen LogP contribution in [0.3, 0.4) is 0 Å². The van der Waals surface area contributed by atoms with Crippen molar-refractivity contribution in [1.29, 1.82) is 0 Å². The van der Waals surface area contributed by atoms with E-state index >= 15 is 0 Å². The number of halogens is 3. The van der Waals surface area contributed by atoms with Gasteiger partial charge < -0.3 is 4.74 Å². The minimum absolute atomic E-state index is 0.269. The van der Waals surface area contributed by atoms with Crippen LogP contribution in [0.5, 0.6) is 0 Å². The number of ether oxygens (including phenoxy) is 1. The average molecular weight is 412 g/mol. The van der Waals surface area contributed by atoms with Gasteiger partial charge in [-0.15, -0.1) is 0 Å². The van der Waals surface area contributed by atoms with Gasteiger partial charge >= 0.3 is 5.97 Å². The monoisotopic (exact) mass is 410 g/mol. The number of methoxy groups -OCH3 is 1. The molecule has 0 bridgehead atoms. The van der Waals surface area contributed by atoms with E-state index in [1.807, 2.05) is 6.07 Å². The lowest BCUT2D eigenvalue weighted by Crippen LogP contribution is -2.19. The fourth-order valence-electron chi connectivity index (χ4n) is 2.59. The van der Waals surface area contributed by atoms with E-state index < -0.39 is 5.97 Å². The summed E-state index contributed by atoms with van der Waals surface area (Å²) in [7, 11) is 1.30. The molecule has 0 saturated heterocycles. The third-order valence-corrected chi connectivity index (χ3v) is 4.72. The summed E-state index contributed by atoms with van der Waals surface area (Å²) < 4.78 is 19.1. The van der Waals surface area contributed by atoms with E-state index in [1.54, 1.807) is 35.3 Å². The summed E-state index contributed by atoms with van der Waals surface area (Å²) in [6, 6.07) is 11.7. The number of carbonyl (C=O) groups excluding carboxylic acids is 1. The molecule has 0 aliphatic carbocycles. The summed E-state index contributed by atoms with van der Waals surface area (Å²) in [5.74, 6) is -0.884. The number of benzene rings is 2. The average Bonchev–Trinajstić information content (AvgIpc) is 3.02. The fourth-order valence-corrected chi connectivity index (χ4v) is 3.06. The normalized spacial score (nSPS) is 16.9. The van der Waals surface area contributed by atoms with Gasteiger partial charge in [0.05, 0.1) is 28.3 Å². The Bertz CT molecular complexity index is 828. The Morgan fingerprint density at radius 3 is 2.79 bits per heavy atom. The van der Waals surface area contributed by atoms with Crippen molar-refractivity contribution in [2.75, 3.05) is 12.1 Å². The molecule has 24 heavy (non-hydrogen) atoms. The number of rotatable bonds is 3. The largest absolute Gasteiger partial charge is 0.464 e. The lowest BCUT2D eigenvalue weighted by atomic mass is 10.0. The maximum absolute atomic E-state index is 13.9. The van der Waals surface area contributed by atoms with Gasteiger partial charge in [0.1, 0.15) is 11.5 Å². The zero-order chi connectivity index (χ0) is 17.3. The number of para-hydroxylation sites is 1. The van der Waals surface area contributed by atoms with Crippen molar-refractivity contribution in [2.24, 2.45) is 5.10 Å². The molecule has 1 aliphatic rings. The lowest BCUT2D eigenvalue weighted by Gasteiger charge is -2.24. The van der Waals surface area contributed by atoms with E-state index in [4.69, 9.17) is 16.3 Å². The second-order valence-corrected chi connectivity index (χ2v) is 6.49. The summed E-state index contributed by atoms with van der Waals surface area (Å²) >= 11 is 9.41. The highest BCUT2D eigenvalue weighted by Gasteiger charge is 2.34. The van der Waals surface area contributed by atoms with Crippen LogP contribution in [-0.4, -0.2) is 18.8 Å². The highest BCUT2D eigenvalue weighted by molar-refractivity contribution is 9.10. The molecule has 2 aromatic rings. The van der Waals surface area contributed by atoms with Crippen LogP contribution in [0.4, 0.5) is 10.1 Å². The molecule has 1 heterocycles. The molecule has 2 aromatic carbocycles. The second-order valence-electron chi connectivity index (χ2n) is 5.23. The Morgan fingerprint density at radius 1 is 1.38 bits per heavy atom. The van der Waals surface area contributed by atoms with Crippen molar-refractivity contribution in [2.45, 2.75) is 12.5 Å². The van der Waals surface area contributed by atoms with E-state index in [0.29, 0.717) is 27.2 Å². The predicted molar refractivity (Wildman–Crippen MR) is 94.8 cm³/mol. The minimum Gasteiger partial charge on any atom is -0.464 e. The van der Waals surface area contributed by atoms with E-state index in [9.17, 15) is 9.18 Å². The number of carbonyl (C=O) groups is 1. The van der Waals surface area contributed by atoms with Crippen LogP contribution < -0.4 is 5.01 Å². The number of hydrazone groups is 1. The van der Waals surface area contributed by atoms with E-state index in [1.165, 1.54) is 13.2 Å². The van der Waals surface area contributed by atoms with Crippen molar-refractivity contribution in [1.82, 2.24) is 0 Å². The van der Waals surface area contributed by atoms with E-state index in [-0.39, 0.29) is 17.6 Å². The molecule has 0 spiro atoms. The van der Waals surface area contributed by atoms with Gasteiger partial charge in [0.25, 0.3) is 0 Å². The number of hydrogen-bond acceptors (Lipinski definition) is 4. The molecule has 1 atom stereocenters. The molecule has 0 N–H and O–H groups in total. The molecule has 0 fully saturated rings. The van der Waals surface area contributed by atoms with Crippen LogP contribution in [0.2, 0.25) is 5.02 Å². The Hall–Kier alpha value is -1.92. The highest BCUT2D eigenvalue weighted by Crippen LogP contribution is 2.39. The predicted octanol–water partition coefficient (Wildman–Crippen LogP) is 4.72. The standard InChI is InChI=1S/C17H13BrClFN2O2/c1-24-17(23)14-9-16(10-6-7-11(18)13(20)8-10)22(21-14)15-5-3-2-4-12(15)19/h2-8,16H,9H2,1H3. The fraction of sp³-hybridized carbons (Fsp3) is 0.176. The van der Waals surface area contributed by atoms with Gasteiger partial charge in [0, 0.05) is 6.42 Å². The molecule has 4 nitrogen and oxygen atoms in total. The molecular formula is C17H13BrClFN2O2. The molecule has 0 saturated carbocycles. The van der Waals surface area contributed by atoms with Crippen molar-refractivity contribution in [3.8, 4) is 0 Å². The van der Waals surface area contributed by atoms with Gasteiger partial charge in [-0.05, 0) is 45.8 Å². The van der Waals surface area contributed by atoms with Gasteiger partial charge in [0.15, 0.2) is 0 Å². The summed E-state index contributed by atoms with van der Waals surface area (Å²) in [6.07, 6.45) is 0.305. The first-order valence-electron chi connectivity index (χ1n) is 7.15. The van der Waals surface area contributed by atoms with Gasteiger partial charge in [-0.2, -0.15) is 5.10 Å². The number of anilines is 1. The molecule has 3 rings (SSSR count). The quantitative estimate of drug-likeness (QED) is 0.686. The Labute approximate surface area is 152 Å². The molecule has 1 aliphatic heterocycles. The lowest BCUT2D eigenvalue weighted by molar-refractivity contribution is -0.132. The number of nitrogens with zero attached hydrogens (tertiary/aromatic N) is 2. The van der Waals surface area contributed by atoms with Crippen LogP contribution in [0.1, 0.15) is 18.0 Å². The maximum Gasteiger partial charge on any atom is 0.354 e. The zero-order valence-electron chi connectivity index (χ0n) is 12.7. The molecular weight excluding hydrogens is 399 g/mol.